The number of aromatic nitrogens is 2. The zero-order valence-electron chi connectivity index (χ0n) is 11.7. The second-order valence-corrected chi connectivity index (χ2v) is 5.28. The van der Waals surface area contributed by atoms with Crippen molar-refractivity contribution in [2.75, 3.05) is 18.0 Å². The highest BCUT2D eigenvalue weighted by Gasteiger charge is 2.11. The van der Waals surface area contributed by atoms with Crippen LogP contribution in [0.5, 0.6) is 0 Å². The molecule has 1 aromatic heterocycles. The van der Waals surface area contributed by atoms with Crippen LogP contribution < -0.4 is 10.5 Å². The Kier molecular flexibility index (Phi) is 3.54. The maximum Gasteiger partial charge on any atom is 0.266 e. The molecule has 104 valence electrons. The molecule has 0 bridgehead atoms. The first-order valence-electron chi connectivity index (χ1n) is 7.14. The van der Waals surface area contributed by atoms with Crippen molar-refractivity contribution in [1.29, 1.82) is 0 Å². The zero-order valence-corrected chi connectivity index (χ0v) is 11.7. The van der Waals surface area contributed by atoms with Gasteiger partial charge in [0.1, 0.15) is 0 Å². The number of anilines is 1. The number of aryl methyl sites for hydroxylation is 1. The van der Waals surface area contributed by atoms with E-state index in [0.717, 1.165) is 24.3 Å². The van der Waals surface area contributed by atoms with E-state index < -0.39 is 0 Å². The third-order valence-corrected chi connectivity index (χ3v) is 3.84. The standard InChI is InChI=1S/C16H19N3O/c1-18-16(20)10-9-15(17-18)13-5-7-14(8-6-13)19-11-3-2-4-12-19/h5-10H,2-4,11-12H2,1H3. The first-order chi connectivity index (χ1) is 9.74. The van der Waals surface area contributed by atoms with Crippen LogP contribution in [-0.2, 0) is 7.05 Å². The Labute approximate surface area is 118 Å². The topological polar surface area (TPSA) is 38.1 Å². The van der Waals surface area contributed by atoms with Crippen LogP contribution in [0.2, 0.25) is 0 Å². The number of hydrogen-bond donors (Lipinski definition) is 0. The Morgan fingerprint density at radius 3 is 2.30 bits per heavy atom. The molecule has 1 saturated heterocycles. The lowest BCUT2D eigenvalue weighted by molar-refractivity contribution is 0.578. The van der Waals surface area contributed by atoms with Gasteiger partial charge in [-0.05, 0) is 37.5 Å². The number of piperidine rings is 1. The molecule has 4 nitrogen and oxygen atoms in total. The maximum atomic E-state index is 11.4. The maximum absolute atomic E-state index is 11.4. The Bertz CT molecular complexity index is 640. The van der Waals surface area contributed by atoms with Gasteiger partial charge in [0, 0.05) is 37.5 Å². The highest BCUT2D eigenvalue weighted by Crippen LogP contribution is 2.23. The van der Waals surface area contributed by atoms with Crippen molar-refractivity contribution >= 4 is 5.69 Å². The van der Waals surface area contributed by atoms with Gasteiger partial charge in [-0.2, -0.15) is 5.10 Å². The lowest BCUT2D eigenvalue weighted by Gasteiger charge is -2.28. The Balaban J connectivity index is 1.84. The SMILES string of the molecule is Cn1nc(-c2ccc(N3CCCCC3)cc2)ccc1=O. The average Bonchev–Trinajstić information content (AvgIpc) is 2.51. The third kappa shape index (κ3) is 2.59. The third-order valence-electron chi connectivity index (χ3n) is 3.84. The molecule has 1 fully saturated rings. The molecule has 1 aliphatic rings. The number of hydrogen-bond acceptors (Lipinski definition) is 3. The highest BCUT2D eigenvalue weighted by atomic mass is 16.1. The molecule has 0 atom stereocenters. The molecule has 0 spiro atoms. The second kappa shape index (κ2) is 5.49. The van der Waals surface area contributed by atoms with Crippen LogP contribution in [0.4, 0.5) is 5.69 Å². The van der Waals surface area contributed by atoms with Crippen molar-refractivity contribution < 1.29 is 0 Å². The summed E-state index contributed by atoms with van der Waals surface area (Å²) in [6.45, 7) is 2.30. The summed E-state index contributed by atoms with van der Waals surface area (Å²) in [6.07, 6.45) is 3.91. The van der Waals surface area contributed by atoms with Crippen LogP contribution in [0.25, 0.3) is 11.3 Å². The predicted molar refractivity (Wildman–Crippen MR) is 81.0 cm³/mol. The van der Waals surface area contributed by atoms with Crippen molar-refractivity contribution in [2.24, 2.45) is 7.05 Å². The summed E-state index contributed by atoms with van der Waals surface area (Å²) >= 11 is 0. The van der Waals surface area contributed by atoms with E-state index in [0.29, 0.717) is 0 Å². The summed E-state index contributed by atoms with van der Waals surface area (Å²) in [6, 6.07) is 11.8. The van der Waals surface area contributed by atoms with Gasteiger partial charge in [0.05, 0.1) is 5.69 Å². The smallest absolute Gasteiger partial charge is 0.266 e. The van der Waals surface area contributed by atoms with Crippen LogP contribution in [0.3, 0.4) is 0 Å². The van der Waals surface area contributed by atoms with E-state index in [1.54, 1.807) is 19.2 Å². The summed E-state index contributed by atoms with van der Waals surface area (Å²) in [5, 5.41) is 4.28. The van der Waals surface area contributed by atoms with E-state index in [-0.39, 0.29) is 5.56 Å². The predicted octanol–water partition coefficient (Wildman–Crippen LogP) is 2.44. The lowest BCUT2D eigenvalue weighted by atomic mass is 10.1. The number of rotatable bonds is 2. The Morgan fingerprint density at radius 1 is 0.950 bits per heavy atom. The van der Waals surface area contributed by atoms with Crippen molar-refractivity contribution in [3.05, 3.63) is 46.8 Å². The van der Waals surface area contributed by atoms with E-state index in [2.05, 4.69) is 34.3 Å². The molecule has 0 amide bonds. The van der Waals surface area contributed by atoms with Gasteiger partial charge in [-0.15, -0.1) is 0 Å². The average molecular weight is 269 g/mol. The minimum absolute atomic E-state index is 0.0845. The Morgan fingerprint density at radius 2 is 1.65 bits per heavy atom. The zero-order chi connectivity index (χ0) is 13.9. The first-order valence-corrected chi connectivity index (χ1v) is 7.14. The summed E-state index contributed by atoms with van der Waals surface area (Å²) in [5.41, 5.74) is 3.07. The molecular formula is C16H19N3O. The summed E-state index contributed by atoms with van der Waals surface area (Å²) in [7, 11) is 1.67. The van der Waals surface area contributed by atoms with Crippen molar-refractivity contribution in [3.63, 3.8) is 0 Å². The van der Waals surface area contributed by atoms with Gasteiger partial charge in [-0.25, -0.2) is 4.68 Å². The quantitative estimate of drug-likeness (QED) is 0.840. The number of benzene rings is 1. The molecule has 1 aliphatic heterocycles. The summed E-state index contributed by atoms with van der Waals surface area (Å²) in [5.74, 6) is 0. The number of nitrogens with zero attached hydrogens (tertiary/aromatic N) is 3. The molecule has 3 rings (SSSR count). The highest BCUT2D eigenvalue weighted by molar-refractivity contribution is 5.62. The van der Waals surface area contributed by atoms with Crippen molar-refractivity contribution in [1.82, 2.24) is 9.78 Å². The van der Waals surface area contributed by atoms with Crippen molar-refractivity contribution in [3.8, 4) is 11.3 Å². The van der Waals surface area contributed by atoms with Crippen LogP contribution in [0.1, 0.15) is 19.3 Å². The van der Waals surface area contributed by atoms with Gasteiger partial charge in [0.15, 0.2) is 0 Å². The summed E-state index contributed by atoms with van der Waals surface area (Å²) < 4.78 is 1.37. The fourth-order valence-electron chi connectivity index (χ4n) is 2.65. The van der Waals surface area contributed by atoms with Gasteiger partial charge in [0.2, 0.25) is 0 Å². The summed E-state index contributed by atoms with van der Waals surface area (Å²) in [4.78, 5) is 13.8. The van der Waals surface area contributed by atoms with Crippen LogP contribution in [0, 0.1) is 0 Å². The first kappa shape index (κ1) is 12.9. The minimum atomic E-state index is -0.0845. The fraction of sp³-hybridized carbons (Fsp3) is 0.375. The molecule has 0 radical (unpaired) electrons. The monoisotopic (exact) mass is 269 g/mol. The molecule has 20 heavy (non-hydrogen) atoms. The Hall–Kier alpha value is -2.10. The van der Waals surface area contributed by atoms with Gasteiger partial charge >= 0.3 is 0 Å². The van der Waals surface area contributed by atoms with E-state index in [4.69, 9.17) is 0 Å². The molecule has 4 heteroatoms. The molecule has 0 unspecified atom stereocenters. The molecule has 2 aromatic rings. The van der Waals surface area contributed by atoms with Gasteiger partial charge in [0.25, 0.3) is 5.56 Å². The molecule has 1 aromatic carbocycles. The molecular weight excluding hydrogens is 250 g/mol. The van der Waals surface area contributed by atoms with Crippen LogP contribution in [-0.4, -0.2) is 22.9 Å². The van der Waals surface area contributed by atoms with Gasteiger partial charge < -0.3 is 4.90 Å². The normalized spacial score (nSPS) is 15.3. The molecule has 2 heterocycles. The fourth-order valence-corrected chi connectivity index (χ4v) is 2.65. The van der Waals surface area contributed by atoms with Gasteiger partial charge in [-0.3, -0.25) is 4.79 Å². The van der Waals surface area contributed by atoms with E-state index >= 15 is 0 Å². The van der Waals surface area contributed by atoms with Crippen LogP contribution in [0.15, 0.2) is 41.2 Å². The molecule has 0 saturated carbocycles. The molecule has 0 N–H and O–H groups in total. The lowest BCUT2D eigenvalue weighted by Crippen LogP contribution is -2.29. The second-order valence-electron chi connectivity index (χ2n) is 5.28. The van der Waals surface area contributed by atoms with Crippen molar-refractivity contribution in [2.45, 2.75) is 19.3 Å². The van der Waals surface area contributed by atoms with Crippen LogP contribution >= 0.6 is 0 Å². The largest absolute Gasteiger partial charge is 0.372 e. The van der Waals surface area contributed by atoms with E-state index in [9.17, 15) is 4.79 Å². The minimum Gasteiger partial charge on any atom is -0.372 e. The molecule has 0 aliphatic carbocycles. The van der Waals surface area contributed by atoms with Gasteiger partial charge in [-0.1, -0.05) is 12.1 Å². The van der Waals surface area contributed by atoms with E-state index in [1.165, 1.54) is 29.6 Å². The van der Waals surface area contributed by atoms with E-state index in [1.807, 2.05) is 0 Å².